The third kappa shape index (κ3) is 4.38. The van der Waals surface area contributed by atoms with E-state index in [1.807, 2.05) is 20.8 Å². The molecule has 0 spiro atoms. The highest BCUT2D eigenvalue weighted by Gasteiger charge is 2.40. The standard InChI is InChI=1S/C13H27N3O3/c1-5-8-10(9-19-4)15-12(17)13(6-2,7-3)11(14)16-18/h10,18H,5-9H2,1-4H3,(H2,14,16)(H,15,17). The minimum absolute atomic E-state index is 0.0392. The summed E-state index contributed by atoms with van der Waals surface area (Å²) in [5, 5.41) is 14.8. The van der Waals surface area contributed by atoms with Crippen molar-refractivity contribution in [2.24, 2.45) is 16.3 Å². The molecule has 0 fully saturated rings. The van der Waals surface area contributed by atoms with Gasteiger partial charge in [-0.05, 0) is 19.3 Å². The fraction of sp³-hybridized carbons (Fsp3) is 0.846. The van der Waals surface area contributed by atoms with Crippen LogP contribution in [0.5, 0.6) is 0 Å². The molecular formula is C13H27N3O3. The van der Waals surface area contributed by atoms with Crippen molar-refractivity contribution in [1.82, 2.24) is 5.32 Å². The van der Waals surface area contributed by atoms with Crippen LogP contribution in [-0.2, 0) is 9.53 Å². The number of ether oxygens (including phenoxy) is 1. The predicted octanol–water partition coefficient (Wildman–Crippen LogP) is 1.47. The molecule has 1 amide bonds. The van der Waals surface area contributed by atoms with E-state index in [0.29, 0.717) is 19.4 Å². The third-order valence-corrected chi connectivity index (χ3v) is 3.58. The molecule has 6 heteroatoms. The van der Waals surface area contributed by atoms with E-state index in [1.54, 1.807) is 7.11 Å². The molecule has 0 aromatic rings. The Morgan fingerprint density at radius 3 is 2.37 bits per heavy atom. The Kier molecular flexibility index (Phi) is 8.14. The Morgan fingerprint density at radius 1 is 1.42 bits per heavy atom. The number of amides is 1. The summed E-state index contributed by atoms with van der Waals surface area (Å²) >= 11 is 0. The number of rotatable bonds is 9. The summed E-state index contributed by atoms with van der Waals surface area (Å²) in [5.41, 5.74) is 4.76. The second kappa shape index (κ2) is 8.74. The highest BCUT2D eigenvalue weighted by Crippen LogP contribution is 2.27. The summed E-state index contributed by atoms with van der Waals surface area (Å²) in [6.45, 7) is 6.21. The lowest BCUT2D eigenvalue weighted by Crippen LogP contribution is -2.52. The number of carbonyl (C=O) groups is 1. The van der Waals surface area contributed by atoms with E-state index in [2.05, 4.69) is 10.5 Å². The van der Waals surface area contributed by atoms with Crippen molar-refractivity contribution in [3.05, 3.63) is 0 Å². The molecule has 112 valence electrons. The second-order valence-corrected chi connectivity index (χ2v) is 4.69. The summed E-state index contributed by atoms with van der Waals surface area (Å²) in [6, 6.07) is -0.0496. The first-order chi connectivity index (χ1) is 9.02. The van der Waals surface area contributed by atoms with Crippen molar-refractivity contribution in [2.75, 3.05) is 13.7 Å². The number of nitrogens with one attached hydrogen (secondary N) is 1. The summed E-state index contributed by atoms with van der Waals surface area (Å²) in [4.78, 5) is 12.4. The molecule has 6 nitrogen and oxygen atoms in total. The van der Waals surface area contributed by atoms with Crippen molar-refractivity contribution in [2.45, 2.75) is 52.5 Å². The van der Waals surface area contributed by atoms with Crippen molar-refractivity contribution in [3.8, 4) is 0 Å². The van der Waals surface area contributed by atoms with Gasteiger partial charge in [-0.1, -0.05) is 32.3 Å². The van der Waals surface area contributed by atoms with Gasteiger partial charge in [-0.25, -0.2) is 0 Å². The number of hydrogen-bond acceptors (Lipinski definition) is 4. The Hall–Kier alpha value is -1.30. The van der Waals surface area contributed by atoms with Gasteiger partial charge in [0.05, 0.1) is 12.6 Å². The molecule has 0 bridgehead atoms. The highest BCUT2D eigenvalue weighted by molar-refractivity contribution is 6.06. The van der Waals surface area contributed by atoms with Crippen LogP contribution in [0.25, 0.3) is 0 Å². The zero-order valence-corrected chi connectivity index (χ0v) is 12.4. The van der Waals surface area contributed by atoms with Gasteiger partial charge in [-0.15, -0.1) is 0 Å². The van der Waals surface area contributed by atoms with Gasteiger partial charge < -0.3 is 21.0 Å². The van der Waals surface area contributed by atoms with Gasteiger partial charge in [0, 0.05) is 7.11 Å². The van der Waals surface area contributed by atoms with Gasteiger partial charge in [0.25, 0.3) is 0 Å². The van der Waals surface area contributed by atoms with Gasteiger partial charge >= 0.3 is 0 Å². The normalized spacial score (nSPS) is 14.2. The quantitative estimate of drug-likeness (QED) is 0.256. The number of amidine groups is 1. The van der Waals surface area contributed by atoms with Gasteiger partial charge in [0.1, 0.15) is 5.41 Å². The van der Waals surface area contributed by atoms with Crippen molar-refractivity contribution >= 4 is 11.7 Å². The van der Waals surface area contributed by atoms with E-state index in [9.17, 15) is 4.79 Å². The summed E-state index contributed by atoms with van der Waals surface area (Å²) in [6.07, 6.45) is 2.75. The molecule has 0 saturated heterocycles. The lowest BCUT2D eigenvalue weighted by atomic mass is 9.80. The van der Waals surface area contributed by atoms with Gasteiger partial charge in [0.15, 0.2) is 5.84 Å². The average molecular weight is 273 g/mol. The van der Waals surface area contributed by atoms with E-state index in [0.717, 1.165) is 12.8 Å². The molecule has 0 aliphatic rings. The minimum atomic E-state index is -0.950. The van der Waals surface area contributed by atoms with Crippen molar-refractivity contribution in [1.29, 1.82) is 0 Å². The van der Waals surface area contributed by atoms with Crippen LogP contribution in [-0.4, -0.2) is 36.7 Å². The van der Waals surface area contributed by atoms with Crippen LogP contribution in [0.3, 0.4) is 0 Å². The molecule has 4 N–H and O–H groups in total. The van der Waals surface area contributed by atoms with Crippen LogP contribution in [0.4, 0.5) is 0 Å². The molecule has 0 rings (SSSR count). The smallest absolute Gasteiger partial charge is 0.234 e. The van der Waals surface area contributed by atoms with Gasteiger partial charge in [-0.3, -0.25) is 4.79 Å². The maximum Gasteiger partial charge on any atom is 0.234 e. The van der Waals surface area contributed by atoms with E-state index < -0.39 is 5.41 Å². The molecule has 0 aliphatic carbocycles. The largest absolute Gasteiger partial charge is 0.409 e. The van der Waals surface area contributed by atoms with Crippen molar-refractivity contribution < 1.29 is 14.7 Å². The molecule has 0 aromatic carbocycles. The lowest BCUT2D eigenvalue weighted by Gasteiger charge is -2.31. The molecule has 19 heavy (non-hydrogen) atoms. The maximum atomic E-state index is 12.4. The Bertz CT molecular complexity index is 296. The number of hydrogen-bond donors (Lipinski definition) is 3. The van der Waals surface area contributed by atoms with Crippen LogP contribution in [0.2, 0.25) is 0 Å². The first-order valence-electron chi connectivity index (χ1n) is 6.80. The molecule has 1 unspecified atom stereocenters. The summed E-state index contributed by atoms with van der Waals surface area (Å²) < 4.78 is 5.10. The first-order valence-corrected chi connectivity index (χ1v) is 6.80. The SMILES string of the molecule is CCCC(COC)NC(=O)C(CC)(CC)C(N)=NO. The molecular weight excluding hydrogens is 246 g/mol. The molecule has 0 radical (unpaired) electrons. The van der Waals surface area contributed by atoms with Gasteiger partial charge in [0.2, 0.25) is 5.91 Å². The number of nitrogens with two attached hydrogens (primary N) is 1. The fourth-order valence-electron chi connectivity index (χ4n) is 2.22. The molecule has 0 heterocycles. The lowest BCUT2D eigenvalue weighted by molar-refractivity contribution is -0.129. The van der Waals surface area contributed by atoms with Crippen LogP contribution >= 0.6 is 0 Å². The number of nitrogens with zero attached hydrogens (tertiary/aromatic N) is 1. The van der Waals surface area contributed by atoms with E-state index in [4.69, 9.17) is 15.7 Å². The zero-order chi connectivity index (χ0) is 14.9. The fourth-order valence-corrected chi connectivity index (χ4v) is 2.22. The molecule has 0 saturated carbocycles. The second-order valence-electron chi connectivity index (χ2n) is 4.69. The highest BCUT2D eigenvalue weighted by atomic mass is 16.5. The van der Waals surface area contributed by atoms with E-state index in [-0.39, 0.29) is 17.8 Å². The monoisotopic (exact) mass is 273 g/mol. The predicted molar refractivity (Wildman–Crippen MR) is 75.1 cm³/mol. The van der Waals surface area contributed by atoms with Crippen LogP contribution in [0.1, 0.15) is 46.5 Å². The first kappa shape index (κ1) is 17.7. The molecule has 0 aliphatic heterocycles. The Balaban J connectivity index is 5.00. The summed E-state index contributed by atoms with van der Waals surface area (Å²) in [5.74, 6) is -0.244. The number of oxime groups is 1. The zero-order valence-electron chi connectivity index (χ0n) is 12.4. The van der Waals surface area contributed by atoms with Crippen LogP contribution in [0, 0.1) is 5.41 Å². The molecule has 0 aromatic heterocycles. The maximum absolute atomic E-state index is 12.4. The Labute approximate surface area is 115 Å². The number of methoxy groups -OCH3 is 1. The topological polar surface area (TPSA) is 96.9 Å². The summed E-state index contributed by atoms with van der Waals surface area (Å²) in [7, 11) is 1.60. The van der Waals surface area contributed by atoms with Gasteiger partial charge in [-0.2, -0.15) is 0 Å². The van der Waals surface area contributed by atoms with Crippen LogP contribution < -0.4 is 11.1 Å². The number of carbonyl (C=O) groups excluding carboxylic acids is 1. The molecule has 1 atom stereocenters. The van der Waals surface area contributed by atoms with E-state index >= 15 is 0 Å². The van der Waals surface area contributed by atoms with Crippen LogP contribution in [0.15, 0.2) is 5.16 Å². The van der Waals surface area contributed by atoms with Crippen molar-refractivity contribution in [3.63, 3.8) is 0 Å². The average Bonchev–Trinajstić information content (AvgIpc) is 2.41. The Morgan fingerprint density at radius 2 is 2.00 bits per heavy atom. The third-order valence-electron chi connectivity index (χ3n) is 3.58. The van der Waals surface area contributed by atoms with E-state index in [1.165, 1.54) is 0 Å². The minimum Gasteiger partial charge on any atom is -0.409 e.